The molecule has 0 bridgehead atoms. The molecule has 8 nitrogen and oxygen atoms in total. The Balaban J connectivity index is 1.23. The van der Waals surface area contributed by atoms with Crippen LogP contribution >= 0.6 is 11.3 Å². The fraction of sp³-hybridized carbons (Fsp3) is 0.571. The number of hydrogen-bond acceptors (Lipinski definition) is 7. The van der Waals surface area contributed by atoms with E-state index in [1.165, 1.54) is 37.0 Å². The van der Waals surface area contributed by atoms with Gasteiger partial charge < -0.3 is 9.88 Å². The van der Waals surface area contributed by atoms with Gasteiger partial charge in [-0.25, -0.2) is 4.98 Å². The lowest BCUT2D eigenvalue weighted by atomic mass is 9.93. The predicted molar refractivity (Wildman–Crippen MR) is 118 cm³/mol. The summed E-state index contributed by atoms with van der Waals surface area (Å²) in [5.41, 5.74) is 0.354. The summed E-state index contributed by atoms with van der Waals surface area (Å²) in [5, 5.41) is 13.7. The van der Waals surface area contributed by atoms with Gasteiger partial charge >= 0.3 is 0 Å². The number of nitrogens with zero attached hydrogens (tertiary/aromatic N) is 6. The van der Waals surface area contributed by atoms with Gasteiger partial charge in [0.2, 0.25) is 0 Å². The third-order valence-corrected chi connectivity index (χ3v) is 7.04. The lowest BCUT2D eigenvalue weighted by Gasteiger charge is -2.38. The van der Waals surface area contributed by atoms with Crippen LogP contribution in [0.2, 0.25) is 0 Å². The first-order valence-electron chi connectivity index (χ1n) is 10.8. The molecule has 1 atom stereocenters. The summed E-state index contributed by atoms with van der Waals surface area (Å²) in [5.74, 6) is 1.08. The Morgan fingerprint density at radius 3 is 2.73 bits per heavy atom. The third-order valence-electron chi connectivity index (χ3n) is 6.20. The molecule has 1 aliphatic carbocycles. The van der Waals surface area contributed by atoms with Gasteiger partial charge in [-0.2, -0.15) is 0 Å². The number of rotatable bonds is 5. The number of anilines is 1. The number of nitrogens with one attached hydrogen (secondary N) is 1. The van der Waals surface area contributed by atoms with Crippen LogP contribution in [0.1, 0.15) is 57.9 Å². The summed E-state index contributed by atoms with van der Waals surface area (Å²) in [6.45, 7) is 4.42. The highest BCUT2D eigenvalue weighted by Crippen LogP contribution is 2.38. The standard InChI is InChI=1S/C21H27N7OS/c1-21(27-10-4-2-3-5-11-27)9-8-16(22-13-21)19(29)24-17-12-30-20(25-17)18-26-23-14-28(18)15-6-7-15/h8,12-15H,2-7,9-11H2,1H3,(H,24,29). The topological polar surface area (TPSA) is 88.3 Å². The maximum absolute atomic E-state index is 12.7. The molecule has 9 heteroatoms. The molecule has 0 spiro atoms. The number of aliphatic imine (C=N–C) groups is 1. The van der Waals surface area contributed by atoms with Crippen LogP contribution in [0.5, 0.6) is 0 Å². The quantitative estimate of drug-likeness (QED) is 0.790. The molecule has 158 valence electrons. The maximum atomic E-state index is 12.7. The summed E-state index contributed by atoms with van der Waals surface area (Å²) in [6.07, 6.45) is 13.9. The summed E-state index contributed by atoms with van der Waals surface area (Å²) in [4.78, 5) is 24.3. The summed E-state index contributed by atoms with van der Waals surface area (Å²) < 4.78 is 2.07. The molecule has 30 heavy (non-hydrogen) atoms. The van der Waals surface area contributed by atoms with Crippen molar-refractivity contribution in [3.8, 4) is 10.8 Å². The van der Waals surface area contributed by atoms with Crippen molar-refractivity contribution >= 4 is 29.3 Å². The van der Waals surface area contributed by atoms with E-state index in [4.69, 9.17) is 0 Å². The van der Waals surface area contributed by atoms with Gasteiger partial charge in [0.05, 0.1) is 5.54 Å². The van der Waals surface area contributed by atoms with Crippen LogP contribution in [0.25, 0.3) is 10.8 Å². The zero-order valence-corrected chi connectivity index (χ0v) is 18.1. The Bertz CT molecular complexity index is 981. The van der Waals surface area contributed by atoms with E-state index in [1.54, 1.807) is 6.33 Å². The van der Waals surface area contributed by atoms with Gasteiger partial charge in [-0.3, -0.25) is 14.7 Å². The van der Waals surface area contributed by atoms with E-state index in [1.807, 2.05) is 17.7 Å². The number of thiazole rings is 1. The minimum absolute atomic E-state index is 0.102. The Labute approximate surface area is 180 Å². The van der Waals surface area contributed by atoms with Crippen LogP contribution in [0.4, 0.5) is 5.82 Å². The van der Waals surface area contributed by atoms with Crippen LogP contribution in [-0.4, -0.2) is 55.4 Å². The average Bonchev–Trinajstić information content (AvgIpc) is 3.40. The van der Waals surface area contributed by atoms with Crippen LogP contribution in [0, 0.1) is 0 Å². The molecular formula is C21H27N7OS. The highest BCUT2D eigenvalue weighted by Gasteiger charge is 2.32. The Kier molecular flexibility index (Phi) is 5.24. The van der Waals surface area contributed by atoms with Crippen molar-refractivity contribution in [1.29, 1.82) is 0 Å². The first kappa shape index (κ1) is 19.6. The largest absolute Gasteiger partial charge is 0.308 e. The van der Waals surface area contributed by atoms with Crippen LogP contribution in [0.15, 0.2) is 28.5 Å². The van der Waals surface area contributed by atoms with Crippen molar-refractivity contribution in [3.05, 3.63) is 23.5 Å². The Hall–Kier alpha value is -2.39. The summed E-state index contributed by atoms with van der Waals surface area (Å²) >= 11 is 1.46. The van der Waals surface area contributed by atoms with Crippen molar-refractivity contribution in [2.75, 3.05) is 18.4 Å². The van der Waals surface area contributed by atoms with Crippen molar-refractivity contribution in [2.45, 2.75) is 63.5 Å². The fourth-order valence-electron chi connectivity index (χ4n) is 4.19. The van der Waals surface area contributed by atoms with E-state index in [0.717, 1.165) is 43.2 Å². The predicted octanol–water partition coefficient (Wildman–Crippen LogP) is 3.67. The lowest BCUT2D eigenvalue weighted by Crippen LogP contribution is -2.49. The zero-order chi connectivity index (χ0) is 20.6. The number of hydrogen-bond donors (Lipinski definition) is 1. The Morgan fingerprint density at radius 2 is 2.03 bits per heavy atom. The maximum Gasteiger partial charge on any atom is 0.275 e. The molecule has 3 aliphatic rings. The molecule has 2 fully saturated rings. The van der Waals surface area contributed by atoms with E-state index in [2.05, 4.69) is 41.9 Å². The van der Waals surface area contributed by atoms with Crippen LogP contribution < -0.4 is 5.32 Å². The van der Waals surface area contributed by atoms with E-state index in [-0.39, 0.29) is 11.4 Å². The van der Waals surface area contributed by atoms with E-state index >= 15 is 0 Å². The first-order valence-corrected chi connectivity index (χ1v) is 11.7. The molecular weight excluding hydrogens is 398 g/mol. The van der Waals surface area contributed by atoms with Crippen molar-refractivity contribution < 1.29 is 4.79 Å². The van der Waals surface area contributed by atoms with Crippen molar-refractivity contribution in [3.63, 3.8) is 0 Å². The van der Waals surface area contributed by atoms with Gasteiger partial charge in [0.15, 0.2) is 10.8 Å². The van der Waals surface area contributed by atoms with Gasteiger partial charge in [-0.05, 0) is 52.1 Å². The molecule has 0 aromatic carbocycles. The molecule has 1 amide bonds. The lowest BCUT2D eigenvalue weighted by molar-refractivity contribution is -0.112. The molecule has 2 aromatic heterocycles. The molecule has 1 unspecified atom stereocenters. The molecule has 4 heterocycles. The van der Waals surface area contributed by atoms with Crippen LogP contribution in [0.3, 0.4) is 0 Å². The number of carbonyl (C=O) groups excluding carboxylic acids is 1. The van der Waals surface area contributed by atoms with Crippen molar-refractivity contribution in [1.82, 2.24) is 24.6 Å². The monoisotopic (exact) mass is 425 g/mol. The molecule has 2 aromatic rings. The first-order chi connectivity index (χ1) is 14.6. The van der Waals surface area contributed by atoms with Crippen molar-refractivity contribution in [2.24, 2.45) is 4.99 Å². The number of aromatic nitrogens is 4. The average molecular weight is 426 g/mol. The van der Waals surface area contributed by atoms with Gasteiger partial charge in [0, 0.05) is 17.6 Å². The SMILES string of the molecule is CC1(N2CCCCCC2)C=NC(C(=O)Nc2csc(-c3nncn3C3CC3)n2)=CC1. The van der Waals surface area contributed by atoms with E-state index < -0.39 is 0 Å². The van der Waals surface area contributed by atoms with Gasteiger partial charge in [-0.1, -0.05) is 18.9 Å². The molecule has 5 rings (SSSR count). The van der Waals surface area contributed by atoms with Gasteiger partial charge in [0.1, 0.15) is 17.8 Å². The zero-order valence-electron chi connectivity index (χ0n) is 17.3. The summed E-state index contributed by atoms with van der Waals surface area (Å²) in [7, 11) is 0. The highest BCUT2D eigenvalue weighted by atomic mass is 32.1. The summed E-state index contributed by atoms with van der Waals surface area (Å²) in [6, 6.07) is 0.484. The van der Waals surface area contributed by atoms with E-state index in [9.17, 15) is 4.79 Å². The number of likely N-dealkylation sites (tertiary alicyclic amines) is 1. The molecule has 1 saturated heterocycles. The molecule has 1 N–H and O–H groups in total. The minimum Gasteiger partial charge on any atom is -0.308 e. The second-order valence-electron chi connectivity index (χ2n) is 8.60. The molecule has 2 aliphatic heterocycles. The Morgan fingerprint density at radius 1 is 1.23 bits per heavy atom. The van der Waals surface area contributed by atoms with Crippen LogP contribution in [-0.2, 0) is 4.79 Å². The van der Waals surface area contributed by atoms with E-state index in [0.29, 0.717) is 17.6 Å². The smallest absolute Gasteiger partial charge is 0.275 e. The fourth-order valence-corrected chi connectivity index (χ4v) is 4.93. The number of carbonyl (C=O) groups is 1. The second kappa shape index (κ2) is 8.03. The number of amides is 1. The molecule has 1 saturated carbocycles. The highest BCUT2D eigenvalue weighted by molar-refractivity contribution is 7.13. The minimum atomic E-state index is -0.218. The third kappa shape index (κ3) is 3.96. The normalized spacial score (nSPS) is 25.0. The van der Waals surface area contributed by atoms with Gasteiger partial charge in [-0.15, -0.1) is 21.5 Å². The molecule has 0 radical (unpaired) electrons. The van der Waals surface area contributed by atoms with Gasteiger partial charge in [0.25, 0.3) is 5.91 Å². The second-order valence-corrected chi connectivity index (χ2v) is 9.45.